The Morgan fingerprint density at radius 1 is 1.00 bits per heavy atom. The first-order valence-corrected chi connectivity index (χ1v) is 8.54. The number of benzene rings is 1. The average Bonchev–Trinajstić information content (AvgIpc) is 2.41. The SMILES string of the molecule is CC(C)CCCCCCNCc1cccc(OC(C)C)c1. The van der Waals surface area contributed by atoms with Crippen molar-refractivity contribution in [3.8, 4) is 5.75 Å². The van der Waals surface area contributed by atoms with Gasteiger partial charge in [-0.3, -0.25) is 0 Å². The average molecular weight is 291 g/mol. The van der Waals surface area contributed by atoms with Gasteiger partial charge in [-0.2, -0.15) is 0 Å². The molecule has 0 aromatic heterocycles. The Labute approximate surface area is 131 Å². The first-order chi connectivity index (χ1) is 10.1. The van der Waals surface area contributed by atoms with E-state index in [0.717, 1.165) is 24.8 Å². The van der Waals surface area contributed by atoms with Crippen LogP contribution in [0.3, 0.4) is 0 Å². The Balaban J connectivity index is 2.10. The molecule has 0 saturated carbocycles. The summed E-state index contributed by atoms with van der Waals surface area (Å²) in [6.07, 6.45) is 6.98. The molecule has 0 unspecified atom stereocenters. The minimum Gasteiger partial charge on any atom is -0.491 e. The highest BCUT2D eigenvalue weighted by atomic mass is 16.5. The maximum atomic E-state index is 5.72. The highest BCUT2D eigenvalue weighted by Crippen LogP contribution is 2.15. The van der Waals surface area contributed by atoms with Crippen molar-refractivity contribution in [3.63, 3.8) is 0 Å². The predicted molar refractivity (Wildman–Crippen MR) is 91.8 cm³/mol. The van der Waals surface area contributed by atoms with Crippen LogP contribution in [0.25, 0.3) is 0 Å². The number of ether oxygens (including phenoxy) is 1. The lowest BCUT2D eigenvalue weighted by Crippen LogP contribution is -2.15. The van der Waals surface area contributed by atoms with Crippen LogP contribution in [0.1, 0.15) is 65.4 Å². The van der Waals surface area contributed by atoms with Gasteiger partial charge in [-0.05, 0) is 50.4 Å². The first-order valence-electron chi connectivity index (χ1n) is 8.54. The summed E-state index contributed by atoms with van der Waals surface area (Å²) < 4.78 is 5.72. The molecule has 120 valence electrons. The number of nitrogens with one attached hydrogen (secondary N) is 1. The number of unbranched alkanes of at least 4 members (excludes halogenated alkanes) is 3. The van der Waals surface area contributed by atoms with E-state index >= 15 is 0 Å². The number of hydrogen-bond acceptors (Lipinski definition) is 2. The molecule has 2 nitrogen and oxygen atoms in total. The van der Waals surface area contributed by atoms with Crippen LogP contribution in [0.15, 0.2) is 24.3 Å². The van der Waals surface area contributed by atoms with Crippen LogP contribution in [-0.2, 0) is 6.54 Å². The molecule has 0 aliphatic carbocycles. The fourth-order valence-electron chi connectivity index (χ4n) is 2.39. The number of hydrogen-bond donors (Lipinski definition) is 1. The van der Waals surface area contributed by atoms with Crippen LogP contribution in [0, 0.1) is 5.92 Å². The normalized spacial score (nSPS) is 11.3. The van der Waals surface area contributed by atoms with Gasteiger partial charge >= 0.3 is 0 Å². The van der Waals surface area contributed by atoms with Gasteiger partial charge in [-0.1, -0.05) is 51.7 Å². The Hall–Kier alpha value is -1.02. The molecule has 0 bridgehead atoms. The third-order valence-electron chi connectivity index (χ3n) is 3.48. The summed E-state index contributed by atoms with van der Waals surface area (Å²) in [5.74, 6) is 1.82. The van der Waals surface area contributed by atoms with Gasteiger partial charge in [0.25, 0.3) is 0 Å². The lowest BCUT2D eigenvalue weighted by Gasteiger charge is -2.11. The van der Waals surface area contributed by atoms with E-state index in [-0.39, 0.29) is 6.10 Å². The zero-order chi connectivity index (χ0) is 15.5. The zero-order valence-electron chi connectivity index (χ0n) is 14.3. The van der Waals surface area contributed by atoms with Crippen molar-refractivity contribution in [2.24, 2.45) is 5.92 Å². The molecule has 0 heterocycles. The van der Waals surface area contributed by atoms with Crippen molar-refractivity contribution in [2.45, 2.75) is 72.4 Å². The maximum absolute atomic E-state index is 5.72. The Kier molecular flexibility index (Phi) is 9.16. The Morgan fingerprint density at radius 2 is 1.76 bits per heavy atom. The van der Waals surface area contributed by atoms with Crippen molar-refractivity contribution >= 4 is 0 Å². The maximum Gasteiger partial charge on any atom is 0.120 e. The minimum absolute atomic E-state index is 0.235. The van der Waals surface area contributed by atoms with Gasteiger partial charge < -0.3 is 10.1 Å². The summed E-state index contributed by atoms with van der Waals surface area (Å²) in [6.45, 7) is 10.8. The molecule has 0 saturated heterocycles. The Bertz CT molecular complexity index is 374. The van der Waals surface area contributed by atoms with Crippen molar-refractivity contribution in [1.29, 1.82) is 0 Å². The topological polar surface area (TPSA) is 21.3 Å². The molecule has 0 aliphatic heterocycles. The van der Waals surface area contributed by atoms with Gasteiger partial charge in [0.2, 0.25) is 0 Å². The lowest BCUT2D eigenvalue weighted by atomic mass is 10.0. The highest BCUT2D eigenvalue weighted by molar-refractivity contribution is 5.28. The number of rotatable bonds is 11. The van der Waals surface area contributed by atoms with Gasteiger partial charge in [0.1, 0.15) is 5.75 Å². The molecule has 0 aliphatic rings. The third kappa shape index (κ3) is 9.52. The van der Waals surface area contributed by atoms with Gasteiger partial charge in [-0.15, -0.1) is 0 Å². The van der Waals surface area contributed by atoms with Crippen LogP contribution < -0.4 is 10.1 Å². The van der Waals surface area contributed by atoms with Crippen LogP contribution in [0.2, 0.25) is 0 Å². The van der Waals surface area contributed by atoms with E-state index < -0.39 is 0 Å². The second kappa shape index (κ2) is 10.7. The molecule has 0 spiro atoms. The summed E-state index contributed by atoms with van der Waals surface area (Å²) in [5, 5.41) is 3.53. The van der Waals surface area contributed by atoms with E-state index in [2.05, 4.69) is 51.2 Å². The lowest BCUT2D eigenvalue weighted by molar-refractivity contribution is 0.242. The quantitative estimate of drug-likeness (QED) is 0.568. The zero-order valence-corrected chi connectivity index (χ0v) is 14.3. The van der Waals surface area contributed by atoms with E-state index in [4.69, 9.17) is 4.74 Å². The molecular formula is C19H33NO. The van der Waals surface area contributed by atoms with E-state index in [1.54, 1.807) is 0 Å². The van der Waals surface area contributed by atoms with E-state index in [9.17, 15) is 0 Å². The molecular weight excluding hydrogens is 258 g/mol. The predicted octanol–water partition coefficient (Wildman–Crippen LogP) is 5.17. The smallest absolute Gasteiger partial charge is 0.120 e. The van der Waals surface area contributed by atoms with E-state index in [1.165, 1.54) is 37.7 Å². The van der Waals surface area contributed by atoms with Crippen LogP contribution in [0.4, 0.5) is 0 Å². The highest BCUT2D eigenvalue weighted by Gasteiger charge is 1.99. The summed E-state index contributed by atoms with van der Waals surface area (Å²) >= 11 is 0. The standard InChI is InChI=1S/C19H33NO/c1-16(2)10-7-5-6-8-13-20-15-18-11-9-12-19(14-18)21-17(3)4/h9,11-12,14,16-17,20H,5-8,10,13,15H2,1-4H3. The molecule has 1 aromatic rings. The molecule has 21 heavy (non-hydrogen) atoms. The summed E-state index contributed by atoms with van der Waals surface area (Å²) in [4.78, 5) is 0. The fraction of sp³-hybridized carbons (Fsp3) is 0.684. The van der Waals surface area contributed by atoms with E-state index in [0.29, 0.717) is 0 Å². The van der Waals surface area contributed by atoms with Crippen molar-refractivity contribution < 1.29 is 4.74 Å². The molecule has 1 aromatic carbocycles. The summed E-state index contributed by atoms with van der Waals surface area (Å²) in [7, 11) is 0. The van der Waals surface area contributed by atoms with Gasteiger partial charge in [0.05, 0.1) is 6.10 Å². The van der Waals surface area contributed by atoms with Gasteiger partial charge in [0.15, 0.2) is 0 Å². The fourth-order valence-corrected chi connectivity index (χ4v) is 2.39. The molecule has 0 fully saturated rings. The molecule has 0 radical (unpaired) electrons. The van der Waals surface area contributed by atoms with Gasteiger partial charge in [0, 0.05) is 6.54 Å². The summed E-state index contributed by atoms with van der Waals surface area (Å²) in [6, 6.07) is 8.39. The molecule has 1 N–H and O–H groups in total. The summed E-state index contributed by atoms with van der Waals surface area (Å²) in [5.41, 5.74) is 1.30. The Morgan fingerprint density at radius 3 is 2.48 bits per heavy atom. The van der Waals surface area contributed by atoms with E-state index in [1.807, 2.05) is 6.07 Å². The van der Waals surface area contributed by atoms with Gasteiger partial charge in [-0.25, -0.2) is 0 Å². The third-order valence-corrected chi connectivity index (χ3v) is 3.48. The first kappa shape index (κ1) is 18.0. The van der Waals surface area contributed by atoms with Crippen LogP contribution in [-0.4, -0.2) is 12.6 Å². The minimum atomic E-state index is 0.235. The largest absolute Gasteiger partial charge is 0.491 e. The van der Waals surface area contributed by atoms with Crippen molar-refractivity contribution in [3.05, 3.63) is 29.8 Å². The second-order valence-corrected chi connectivity index (χ2v) is 6.59. The van der Waals surface area contributed by atoms with Crippen LogP contribution in [0.5, 0.6) is 5.75 Å². The monoisotopic (exact) mass is 291 g/mol. The second-order valence-electron chi connectivity index (χ2n) is 6.59. The molecule has 2 heteroatoms. The molecule has 0 atom stereocenters. The molecule has 1 rings (SSSR count). The van der Waals surface area contributed by atoms with Crippen LogP contribution >= 0.6 is 0 Å². The molecule has 0 amide bonds. The van der Waals surface area contributed by atoms with Crippen molar-refractivity contribution in [2.75, 3.05) is 6.54 Å². The van der Waals surface area contributed by atoms with Crippen molar-refractivity contribution in [1.82, 2.24) is 5.32 Å².